The van der Waals surface area contributed by atoms with Crippen LogP contribution in [0.25, 0.3) is 5.69 Å². The zero-order chi connectivity index (χ0) is 20.8. The predicted octanol–water partition coefficient (Wildman–Crippen LogP) is 0.231. The summed E-state index contributed by atoms with van der Waals surface area (Å²) in [5, 5.41) is 22.4. The van der Waals surface area contributed by atoms with Crippen LogP contribution in [0, 0.1) is 17.2 Å². The standard InChI is InChI=1S/C16H16ClN9O3/c17-11-1-2-13(26-9-19-23-24-26)12(7-11)20-14(27)15(28)21-22-16(29)25-5-3-10(8-18)4-6-25/h1-2,7,9-10H,3-6H2,(H,20,27)(H,21,28)(H,22,29). The van der Waals surface area contributed by atoms with Crippen molar-refractivity contribution in [2.24, 2.45) is 5.92 Å². The van der Waals surface area contributed by atoms with Gasteiger partial charge < -0.3 is 10.2 Å². The molecule has 2 aromatic rings. The van der Waals surface area contributed by atoms with Crippen molar-refractivity contribution in [2.75, 3.05) is 18.4 Å². The van der Waals surface area contributed by atoms with Gasteiger partial charge in [-0.3, -0.25) is 15.0 Å². The van der Waals surface area contributed by atoms with Crippen molar-refractivity contribution >= 4 is 35.1 Å². The Morgan fingerprint density at radius 3 is 2.59 bits per heavy atom. The number of aromatic nitrogens is 4. The maximum absolute atomic E-state index is 12.2. The minimum absolute atomic E-state index is 0.0773. The molecule has 0 saturated carbocycles. The average Bonchev–Trinajstić information content (AvgIpc) is 3.26. The van der Waals surface area contributed by atoms with Crippen LogP contribution in [0.2, 0.25) is 5.02 Å². The van der Waals surface area contributed by atoms with Gasteiger partial charge >= 0.3 is 17.8 Å². The number of piperidine rings is 1. The molecule has 3 N–H and O–H groups in total. The molecule has 1 aromatic heterocycles. The summed E-state index contributed by atoms with van der Waals surface area (Å²) in [5.41, 5.74) is 4.84. The monoisotopic (exact) mass is 417 g/mol. The van der Waals surface area contributed by atoms with Gasteiger partial charge in [0.2, 0.25) is 0 Å². The van der Waals surface area contributed by atoms with E-state index in [1.807, 2.05) is 0 Å². The van der Waals surface area contributed by atoms with E-state index in [1.54, 1.807) is 12.1 Å². The largest absolute Gasteiger partial charge is 0.336 e. The minimum Gasteiger partial charge on any atom is -0.323 e. The van der Waals surface area contributed by atoms with Gasteiger partial charge in [-0.15, -0.1) is 5.10 Å². The topological polar surface area (TPSA) is 158 Å². The molecule has 12 nitrogen and oxygen atoms in total. The first-order valence-corrected chi connectivity index (χ1v) is 8.94. The van der Waals surface area contributed by atoms with Crippen molar-refractivity contribution < 1.29 is 14.4 Å². The normalized spacial score (nSPS) is 14.0. The maximum atomic E-state index is 12.2. The average molecular weight is 418 g/mol. The second kappa shape index (κ2) is 8.98. The highest BCUT2D eigenvalue weighted by atomic mass is 35.5. The van der Waals surface area contributed by atoms with Gasteiger partial charge in [-0.05, 0) is 41.5 Å². The van der Waals surface area contributed by atoms with E-state index in [-0.39, 0.29) is 11.6 Å². The Hall–Kier alpha value is -3.72. The summed E-state index contributed by atoms with van der Waals surface area (Å²) in [4.78, 5) is 37.8. The molecule has 0 unspecified atom stereocenters. The van der Waals surface area contributed by atoms with E-state index in [0.717, 1.165) is 0 Å². The molecule has 3 rings (SSSR count). The predicted molar refractivity (Wildman–Crippen MR) is 99.4 cm³/mol. The summed E-state index contributed by atoms with van der Waals surface area (Å²) in [6.07, 6.45) is 2.44. The van der Waals surface area contributed by atoms with E-state index in [4.69, 9.17) is 16.9 Å². The van der Waals surface area contributed by atoms with Crippen molar-refractivity contribution in [2.45, 2.75) is 12.8 Å². The second-order valence-corrected chi connectivity index (χ2v) is 6.58. The number of benzene rings is 1. The van der Waals surface area contributed by atoms with Crippen molar-refractivity contribution in [3.8, 4) is 11.8 Å². The molecule has 0 aliphatic carbocycles. The zero-order valence-corrected chi connectivity index (χ0v) is 15.8. The molecule has 150 valence electrons. The van der Waals surface area contributed by atoms with Crippen molar-refractivity contribution in [3.63, 3.8) is 0 Å². The molecule has 13 heteroatoms. The lowest BCUT2D eigenvalue weighted by molar-refractivity contribution is -0.136. The van der Waals surface area contributed by atoms with Gasteiger partial charge in [-0.1, -0.05) is 11.6 Å². The van der Waals surface area contributed by atoms with Crippen LogP contribution < -0.4 is 16.2 Å². The lowest BCUT2D eigenvalue weighted by atomic mass is 9.99. The number of likely N-dealkylation sites (tertiary alicyclic amines) is 1. The first kappa shape index (κ1) is 20.0. The Labute approximate surface area is 169 Å². The van der Waals surface area contributed by atoms with Crippen LogP contribution in [0.3, 0.4) is 0 Å². The fourth-order valence-electron chi connectivity index (χ4n) is 2.72. The summed E-state index contributed by atoms with van der Waals surface area (Å²) in [7, 11) is 0. The first-order valence-electron chi connectivity index (χ1n) is 8.56. The molecule has 1 aliphatic rings. The van der Waals surface area contributed by atoms with Crippen LogP contribution in [0.1, 0.15) is 12.8 Å². The smallest absolute Gasteiger partial charge is 0.323 e. The molecule has 1 saturated heterocycles. The fourth-order valence-corrected chi connectivity index (χ4v) is 2.89. The zero-order valence-electron chi connectivity index (χ0n) is 15.0. The number of rotatable bonds is 2. The lowest BCUT2D eigenvalue weighted by Gasteiger charge is -2.29. The number of hydrogen-bond donors (Lipinski definition) is 3. The van der Waals surface area contributed by atoms with Crippen LogP contribution in [-0.2, 0) is 9.59 Å². The minimum atomic E-state index is -1.08. The quantitative estimate of drug-likeness (QED) is 0.466. The molecule has 2 heterocycles. The van der Waals surface area contributed by atoms with Gasteiger partial charge in [0.05, 0.1) is 17.4 Å². The summed E-state index contributed by atoms with van der Waals surface area (Å²) in [5.74, 6) is -2.18. The molecule has 0 bridgehead atoms. The van der Waals surface area contributed by atoms with E-state index in [0.29, 0.717) is 36.6 Å². The number of nitrogens with zero attached hydrogens (tertiary/aromatic N) is 6. The Morgan fingerprint density at radius 2 is 1.93 bits per heavy atom. The molecule has 29 heavy (non-hydrogen) atoms. The van der Waals surface area contributed by atoms with Gasteiger partial charge in [0.1, 0.15) is 6.33 Å². The third-order valence-electron chi connectivity index (χ3n) is 4.26. The molecule has 4 amide bonds. The molecule has 0 atom stereocenters. The molecular formula is C16H16ClN9O3. The third kappa shape index (κ3) is 4.96. The number of nitriles is 1. The highest BCUT2D eigenvalue weighted by molar-refractivity contribution is 6.40. The molecular weight excluding hydrogens is 402 g/mol. The van der Waals surface area contributed by atoms with Crippen LogP contribution in [0.5, 0.6) is 0 Å². The van der Waals surface area contributed by atoms with E-state index < -0.39 is 17.8 Å². The van der Waals surface area contributed by atoms with Crippen molar-refractivity contribution in [1.29, 1.82) is 5.26 Å². The third-order valence-corrected chi connectivity index (χ3v) is 4.49. The number of carbonyl (C=O) groups excluding carboxylic acids is 3. The number of halogens is 1. The summed E-state index contributed by atoms with van der Waals surface area (Å²) < 4.78 is 1.29. The fraction of sp³-hybridized carbons (Fsp3) is 0.312. The Balaban J connectivity index is 1.56. The number of tetrazole rings is 1. The Kier molecular flexibility index (Phi) is 6.20. The van der Waals surface area contributed by atoms with Gasteiger partial charge in [0, 0.05) is 24.0 Å². The number of amides is 4. The van der Waals surface area contributed by atoms with Crippen LogP contribution in [0.15, 0.2) is 24.5 Å². The number of nitrogens with one attached hydrogen (secondary N) is 3. The highest BCUT2D eigenvalue weighted by Crippen LogP contribution is 2.23. The molecule has 0 spiro atoms. The summed E-state index contributed by atoms with van der Waals surface area (Å²) >= 11 is 5.96. The molecule has 1 aromatic carbocycles. The lowest BCUT2D eigenvalue weighted by Crippen LogP contribution is -2.53. The van der Waals surface area contributed by atoms with Gasteiger partial charge in [-0.2, -0.15) is 9.94 Å². The van der Waals surface area contributed by atoms with Crippen molar-refractivity contribution in [3.05, 3.63) is 29.5 Å². The number of hydrogen-bond acceptors (Lipinski definition) is 7. The van der Waals surface area contributed by atoms with E-state index in [2.05, 4.69) is 37.8 Å². The number of urea groups is 1. The van der Waals surface area contributed by atoms with E-state index in [9.17, 15) is 14.4 Å². The van der Waals surface area contributed by atoms with E-state index in [1.165, 1.54) is 22.0 Å². The van der Waals surface area contributed by atoms with Gasteiger partial charge in [0.25, 0.3) is 0 Å². The van der Waals surface area contributed by atoms with Crippen LogP contribution in [-0.4, -0.2) is 56.0 Å². The number of anilines is 1. The Bertz CT molecular complexity index is 949. The van der Waals surface area contributed by atoms with Gasteiger partial charge in [0.15, 0.2) is 0 Å². The van der Waals surface area contributed by atoms with Gasteiger partial charge in [-0.25, -0.2) is 10.2 Å². The summed E-state index contributed by atoms with van der Waals surface area (Å²) in [6.45, 7) is 0.786. The first-order chi connectivity index (χ1) is 14.0. The highest BCUT2D eigenvalue weighted by Gasteiger charge is 2.24. The molecule has 0 radical (unpaired) electrons. The number of hydrazine groups is 1. The SMILES string of the molecule is N#CC1CCN(C(=O)NNC(=O)C(=O)Nc2cc(Cl)ccc2-n2cnnn2)CC1. The van der Waals surface area contributed by atoms with Crippen LogP contribution in [0.4, 0.5) is 10.5 Å². The summed E-state index contributed by atoms with van der Waals surface area (Å²) in [6, 6.07) is 6.18. The van der Waals surface area contributed by atoms with E-state index >= 15 is 0 Å². The molecule has 1 fully saturated rings. The van der Waals surface area contributed by atoms with Crippen molar-refractivity contribution in [1.82, 2.24) is 36.0 Å². The maximum Gasteiger partial charge on any atom is 0.336 e. The van der Waals surface area contributed by atoms with Crippen LogP contribution >= 0.6 is 11.6 Å². The molecule has 1 aliphatic heterocycles. The second-order valence-electron chi connectivity index (χ2n) is 6.14. The number of carbonyl (C=O) groups is 3. The Morgan fingerprint density at radius 1 is 1.17 bits per heavy atom.